The second-order valence-electron chi connectivity index (χ2n) is 3.64. The van der Waals surface area contributed by atoms with Crippen molar-refractivity contribution in [2.75, 3.05) is 0 Å². The molecule has 1 aliphatic rings. The maximum absolute atomic E-state index is 4.03. The molecule has 0 spiro atoms. The van der Waals surface area contributed by atoms with E-state index in [2.05, 4.69) is 26.2 Å². The zero-order valence-corrected chi connectivity index (χ0v) is 7.47. The van der Waals surface area contributed by atoms with Gasteiger partial charge in [0.25, 0.3) is 0 Å². The van der Waals surface area contributed by atoms with E-state index in [4.69, 9.17) is 0 Å². The van der Waals surface area contributed by atoms with Crippen molar-refractivity contribution in [2.24, 2.45) is 11.8 Å². The quantitative estimate of drug-likeness (QED) is 0.528. The van der Waals surface area contributed by atoms with Crippen molar-refractivity contribution in [3.05, 3.63) is 24.8 Å². The van der Waals surface area contributed by atoms with Crippen LogP contribution < -0.4 is 0 Å². The van der Waals surface area contributed by atoms with Gasteiger partial charge < -0.3 is 0 Å². The monoisotopic (exact) mass is 150 g/mol. The van der Waals surface area contributed by atoms with Crippen LogP contribution in [0.15, 0.2) is 24.8 Å². The van der Waals surface area contributed by atoms with Crippen LogP contribution in [0.25, 0.3) is 0 Å². The first-order valence-corrected chi connectivity index (χ1v) is 4.53. The van der Waals surface area contributed by atoms with Crippen molar-refractivity contribution < 1.29 is 0 Å². The van der Waals surface area contributed by atoms with Crippen molar-refractivity contribution >= 4 is 0 Å². The third-order valence-corrected chi connectivity index (χ3v) is 2.76. The summed E-state index contributed by atoms with van der Waals surface area (Å²) in [5, 5.41) is 0. The van der Waals surface area contributed by atoms with Gasteiger partial charge in [-0.05, 0) is 31.6 Å². The molecule has 0 N–H and O–H groups in total. The molecule has 11 heavy (non-hydrogen) atoms. The van der Waals surface area contributed by atoms with Crippen LogP contribution in [0.2, 0.25) is 0 Å². The first-order chi connectivity index (χ1) is 5.25. The summed E-state index contributed by atoms with van der Waals surface area (Å²) in [5.41, 5.74) is 1.34. The molecule has 0 radical (unpaired) electrons. The lowest BCUT2D eigenvalue weighted by atomic mass is 9.76. The molecular formula is C11H18. The molecule has 0 aromatic carbocycles. The summed E-state index contributed by atoms with van der Waals surface area (Å²) in [6.07, 6.45) is 7.51. The highest BCUT2D eigenvalue weighted by atomic mass is 14.3. The molecule has 0 aromatic rings. The Labute approximate surface area is 70.0 Å². The largest absolute Gasteiger partial charge is 0.103 e. The summed E-state index contributed by atoms with van der Waals surface area (Å²) in [5.74, 6) is 1.43. The molecule has 1 rings (SSSR count). The molecule has 62 valence electrons. The predicted octanol–water partition coefficient (Wildman–Crippen LogP) is 3.55. The Hall–Kier alpha value is -0.520. The molecular weight excluding hydrogens is 132 g/mol. The Morgan fingerprint density at radius 2 is 2.00 bits per heavy atom. The Morgan fingerprint density at radius 3 is 2.45 bits per heavy atom. The van der Waals surface area contributed by atoms with Crippen LogP contribution in [0, 0.1) is 11.8 Å². The van der Waals surface area contributed by atoms with E-state index in [0.717, 1.165) is 5.92 Å². The van der Waals surface area contributed by atoms with Crippen LogP contribution in [-0.2, 0) is 0 Å². The minimum atomic E-state index is 0.709. The van der Waals surface area contributed by atoms with Crippen molar-refractivity contribution in [1.29, 1.82) is 0 Å². The smallest absolute Gasteiger partial charge is 0.0146 e. The van der Waals surface area contributed by atoms with Crippen LogP contribution in [0.4, 0.5) is 0 Å². The van der Waals surface area contributed by atoms with E-state index in [9.17, 15) is 0 Å². The maximum Gasteiger partial charge on any atom is -0.0146 e. The topological polar surface area (TPSA) is 0 Å². The van der Waals surface area contributed by atoms with Crippen LogP contribution >= 0.6 is 0 Å². The summed E-state index contributed by atoms with van der Waals surface area (Å²) in [4.78, 5) is 0. The highest BCUT2D eigenvalue weighted by Crippen LogP contribution is 2.34. The van der Waals surface area contributed by atoms with Gasteiger partial charge in [0.05, 0.1) is 0 Å². The average Bonchev–Trinajstić information content (AvgIpc) is 2.04. The number of hydrogen-bond donors (Lipinski definition) is 0. The van der Waals surface area contributed by atoms with Crippen molar-refractivity contribution in [3.63, 3.8) is 0 Å². The van der Waals surface area contributed by atoms with Gasteiger partial charge in [0.15, 0.2) is 0 Å². The zero-order chi connectivity index (χ0) is 8.27. The second kappa shape index (κ2) is 3.75. The van der Waals surface area contributed by atoms with Crippen LogP contribution in [-0.4, -0.2) is 0 Å². The van der Waals surface area contributed by atoms with Gasteiger partial charge >= 0.3 is 0 Å². The van der Waals surface area contributed by atoms with Crippen molar-refractivity contribution in [1.82, 2.24) is 0 Å². The summed E-state index contributed by atoms with van der Waals surface area (Å²) in [6.45, 7) is 10.1. The molecule has 0 heteroatoms. The Morgan fingerprint density at radius 1 is 1.36 bits per heavy atom. The fourth-order valence-electron chi connectivity index (χ4n) is 2.05. The molecule has 0 aromatic heterocycles. The third kappa shape index (κ3) is 1.95. The van der Waals surface area contributed by atoms with Gasteiger partial charge in [-0.3, -0.25) is 0 Å². The number of rotatable bonds is 2. The highest BCUT2D eigenvalue weighted by Gasteiger charge is 2.22. The molecule has 2 atom stereocenters. The SMILES string of the molecule is C=C[C@@H]1CCCC[C@@H]1C(=C)C. The maximum atomic E-state index is 4.03. The molecule has 0 unspecified atom stereocenters. The van der Waals surface area contributed by atoms with Gasteiger partial charge in [0.1, 0.15) is 0 Å². The summed E-state index contributed by atoms with van der Waals surface area (Å²) in [7, 11) is 0. The van der Waals surface area contributed by atoms with E-state index >= 15 is 0 Å². The van der Waals surface area contributed by atoms with Crippen LogP contribution in [0.3, 0.4) is 0 Å². The van der Waals surface area contributed by atoms with E-state index in [0.29, 0.717) is 5.92 Å². The lowest BCUT2D eigenvalue weighted by Gasteiger charge is -2.29. The van der Waals surface area contributed by atoms with Gasteiger partial charge in [-0.15, -0.1) is 6.58 Å². The van der Waals surface area contributed by atoms with E-state index in [1.807, 2.05) is 0 Å². The van der Waals surface area contributed by atoms with Gasteiger partial charge in [0, 0.05) is 0 Å². The van der Waals surface area contributed by atoms with Crippen LogP contribution in [0.1, 0.15) is 32.6 Å². The molecule has 0 aliphatic heterocycles. The average molecular weight is 150 g/mol. The molecule has 0 heterocycles. The normalized spacial score (nSPS) is 31.4. The molecule has 1 aliphatic carbocycles. The van der Waals surface area contributed by atoms with Crippen molar-refractivity contribution in [3.8, 4) is 0 Å². The zero-order valence-electron chi connectivity index (χ0n) is 7.47. The fourth-order valence-corrected chi connectivity index (χ4v) is 2.05. The molecule has 1 saturated carbocycles. The van der Waals surface area contributed by atoms with E-state index in [1.165, 1.54) is 31.3 Å². The second-order valence-corrected chi connectivity index (χ2v) is 3.64. The number of allylic oxidation sites excluding steroid dienone is 2. The minimum Gasteiger partial charge on any atom is -0.103 e. The van der Waals surface area contributed by atoms with Gasteiger partial charge in [-0.25, -0.2) is 0 Å². The number of hydrogen-bond acceptors (Lipinski definition) is 0. The summed E-state index contributed by atoms with van der Waals surface area (Å²) < 4.78 is 0. The predicted molar refractivity (Wildman–Crippen MR) is 50.5 cm³/mol. The fraction of sp³-hybridized carbons (Fsp3) is 0.636. The standard InChI is InChI=1S/C11H18/c1-4-10-7-5-6-8-11(10)9(2)3/h4,10-11H,1-2,5-8H2,3H3/t10-,11-/m1/s1. The first kappa shape index (κ1) is 8.58. The molecule has 1 fully saturated rings. The molecule has 0 bridgehead atoms. The lowest BCUT2D eigenvalue weighted by Crippen LogP contribution is -2.17. The summed E-state index contributed by atoms with van der Waals surface area (Å²) >= 11 is 0. The third-order valence-electron chi connectivity index (χ3n) is 2.76. The van der Waals surface area contributed by atoms with Crippen molar-refractivity contribution in [2.45, 2.75) is 32.6 Å². The van der Waals surface area contributed by atoms with Crippen LogP contribution in [0.5, 0.6) is 0 Å². The Bertz CT molecular complexity index is 155. The Balaban J connectivity index is 2.58. The van der Waals surface area contributed by atoms with Gasteiger partial charge in [-0.1, -0.05) is 31.1 Å². The molecule has 0 saturated heterocycles. The summed E-state index contributed by atoms with van der Waals surface area (Å²) in [6, 6.07) is 0. The highest BCUT2D eigenvalue weighted by molar-refractivity contribution is 5.04. The lowest BCUT2D eigenvalue weighted by molar-refractivity contribution is 0.324. The molecule has 0 nitrogen and oxygen atoms in total. The minimum absolute atomic E-state index is 0.709. The van der Waals surface area contributed by atoms with Gasteiger partial charge in [0.2, 0.25) is 0 Å². The van der Waals surface area contributed by atoms with Gasteiger partial charge in [-0.2, -0.15) is 0 Å². The van der Waals surface area contributed by atoms with E-state index in [-0.39, 0.29) is 0 Å². The molecule has 0 amide bonds. The van der Waals surface area contributed by atoms with E-state index < -0.39 is 0 Å². The van der Waals surface area contributed by atoms with E-state index in [1.54, 1.807) is 0 Å². The first-order valence-electron chi connectivity index (χ1n) is 4.53. The Kier molecular flexibility index (Phi) is 2.92.